The maximum atomic E-state index is 14.8. The minimum atomic E-state index is -4.19. The highest BCUT2D eigenvalue weighted by Gasteiger charge is 2.36. The minimum absolute atomic E-state index is 0.00509. The van der Waals surface area contributed by atoms with E-state index in [0.29, 0.717) is 26.9 Å². The molecule has 0 saturated heterocycles. The first-order chi connectivity index (χ1) is 23.0. The van der Waals surface area contributed by atoms with Gasteiger partial charge in [0.2, 0.25) is 11.8 Å². The van der Waals surface area contributed by atoms with Gasteiger partial charge < -0.3 is 10.2 Å². The molecule has 1 aliphatic carbocycles. The van der Waals surface area contributed by atoms with Gasteiger partial charge in [-0.15, -0.1) is 0 Å². The lowest BCUT2D eigenvalue weighted by molar-refractivity contribution is -0.140. The molecule has 252 valence electrons. The summed E-state index contributed by atoms with van der Waals surface area (Å²) < 4.78 is 29.8. The molecular formula is C38H41Cl2N3O4S. The third kappa shape index (κ3) is 8.78. The van der Waals surface area contributed by atoms with Gasteiger partial charge in [-0.2, -0.15) is 0 Å². The summed E-state index contributed by atoms with van der Waals surface area (Å²) in [4.78, 5) is 30.6. The van der Waals surface area contributed by atoms with E-state index in [1.54, 1.807) is 42.5 Å². The van der Waals surface area contributed by atoms with E-state index >= 15 is 0 Å². The average molecular weight is 707 g/mol. The van der Waals surface area contributed by atoms with Gasteiger partial charge in [-0.3, -0.25) is 13.9 Å². The predicted molar refractivity (Wildman–Crippen MR) is 193 cm³/mol. The zero-order chi connectivity index (χ0) is 34.3. The topological polar surface area (TPSA) is 86.8 Å². The fourth-order valence-corrected chi connectivity index (χ4v) is 8.11. The van der Waals surface area contributed by atoms with E-state index in [4.69, 9.17) is 23.2 Å². The molecule has 7 nitrogen and oxygen atoms in total. The van der Waals surface area contributed by atoms with E-state index in [9.17, 15) is 18.0 Å². The van der Waals surface area contributed by atoms with Gasteiger partial charge in [0.05, 0.1) is 10.6 Å². The Hall–Kier alpha value is -3.85. The molecule has 1 saturated carbocycles. The second-order valence-electron chi connectivity index (χ2n) is 12.4. The number of anilines is 1. The number of rotatable bonds is 12. The number of aryl methyl sites for hydroxylation is 2. The zero-order valence-electron chi connectivity index (χ0n) is 27.2. The number of halogens is 2. The van der Waals surface area contributed by atoms with Gasteiger partial charge in [-0.05, 0) is 79.3 Å². The normalized spacial score (nSPS) is 14.2. The summed E-state index contributed by atoms with van der Waals surface area (Å²) in [5, 5.41) is 4.00. The van der Waals surface area contributed by atoms with E-state index < -0.39 is 28.5 Å². The molecule has 0 spiro atoms. The van der Waals surface area contributed by atoms with Crippen molar-refractivity contribution in [1.29, 1.82) is 0 Å². The van der Waals surface area contributed by atoms with Gasteiger partial charge in [0.15, 0.2) is 0 Å². The average Bonchev–Trinajstić information content (AvgIpc) is 3.08. The van der Waals surface area contributed by atoms with E-state index in [1.807, 2.05) is 56.3 Å². The van der Waals surface area contributed by atoms with Gasteiger partial charge in [-0.1, -0.05) is 109 Å². The Bertz CT molecular complexity index is 1830. The second-order valence-corrected chi connectivity index (χ2v) is 15.1. The van der Waals surface area contributed by atoms with Crippen LogP contribution in [0.4, 0.5) is 5.69 Å². The zero-order valence-corrected chi connectivity index (χ0v) is 29.6. The fourth-order valence-electron chi connectivity index (χ4n) is 6.15. The van der Waals surface area contributed by atoms with Crippen LogP contribution in [0.1, 0.15) is 54.4 Å². The molecular weight excluding hydrogens is 665 g/mol. The number of hydrogen-bond acceptors (Lipinski definition) is 4. The van der Waals surface area contributed by atoms with Crippen molar-refractivity contribution in [3.05, 3.63) is 129 Å². The highest BCUT2D eigenvalue weighted by Crippen LogP contribution is 2.30. The molecule has 0 aliphatic heterocycles. The molecule has 5 rings (SSSR count). The van der Waals surface area contributed by atoms with E-state index in [0.717, 1.165) is 47.5 Å². The Kier molecular flexibility index (Phi) is 11.8. The highest BCUT2D eigenvalue weighted by molar-refractivity contribution is 7.92. The maximum Gasteiger partial charge on any atom is 0.264 e. The molecule has 1 atom stereocenters. The molecule has 0 bridgehead atoms. The van der Waals surface area contributed by atoms with Crippen LogP contribution in [-0.2, 0) is 32.6 Å². The molecule has 2 amide bonds. The van der Waals surface area contributed by atoms with Crippen molar-refractivity contribution in [3.63, 3.8) is 0 Å². The molecule has 10 heteroatoms. The van der Waals surface area contributed by atoms with E-state index in [-0.39, 0.29) is 29.8 Å². The molecule has 1 fully saturated rings. The Morgan fingerprint density at radius 2 is 1.52 bits per heavy atom. The summed E-state index contributed by atoms with van der Waals surface area (Å²) in [6.07, 6.45) is 5.15. The first kappa shape index (κ1) is 35.5. The summed E-state index contributed by atoms with van der Waals surface area (Å²) in [6, 6.07) is 27.1. The van der Waals surface area contributed by atoms with Gasteiger partial charge in [0, 0.05) is 29.1 Å². The van der Waals surface area contributed by atoms with Crippen molar-refractivity contribution in [2.24, 2.45) is 0 Å². The van der Waals surface area contributed by atoms with Gasteiger partial charge in [-0.25, -0.2) is 8.42 Å². The van der Waals surface area contributed by atoms with Crippen LogP contribution in [0.2, 0.25) is 10.0 Å². The maximum absolute atomic E-state index is 14.8. The third-order valence-electron chi connectivity index (χ3n) is 8.82. The van der Waals surface area contributed by atoms with Gasteiger partial charge >= 0.3 is 0 Å². The molecule has 1 N–H and O–H groups in total. The Morgan fingerprint density at radius 1 is 0.854 bits per heavy atom. The summed E-state index contributed by atoms with van der Waals surface area (Å²) in [5.41, 5.74) is 3.38. The van der Waals surface area contributed by atoms with Crippen LogP contribution in [0.3, 0.4) is 0 Å². The summed E-state index contributed by atoms with van der Waals surface area (Å²) in [5.74, 6) is -0.824. The number of carbonyl (C=O) groups excluding carboxylic acids is 2. The first-order valence-electron chi connectivity index (χ1n) is 16.3. The number of benzene rings is 4. The monoisotopic (exact) mass is 705 g/mol. The molecule has 4 aromatic rings. The van der Waals surface area contributed by atoms with Crippen molar-refractivity contribution >= 4 is 50.7 Å². The first-order valence-corrected chi connectivity index (χ1v) is 18.5. The van der Waals surface area contributed by atoms with Gasteiger partial charge in [0.25, 0.3) is 10.0 Å². The van der Waals surface area contributed by atoms with Crippen LogP contribution in [0.15, 0.2) is 102 Å². The van der Waals surface area contributed by atoms with Crippen molar-refractivity contribution in [2.45, 2.75) is 75.9 Å². The summed E-state index contributed by atoms with van der Waals surface area (Å²) in [6.45, 7) is 3.12. The van der Waals surface area contributed by atoms with Crippen LogP contribution in [0, 0.1) is 13.8 Å². The number of nitrogens with one attached hydrogen (secondary N) is 1. The molecule has 48 heavy (non-hydrogen) atoms. The predicted octanol–water partition coefficient (Wildman–Crippen LogP) is 7.89. The van der Waals surface area contributed by atoms with Crippen LogP contribution < -0.4 is 9.62 Å². The van der Waals surface area contributed by atoms with Crippen LogP contribution in [-0.4, -0.2) is 43.8 Å². The van der Waals surface area contributed by atoms with E-state index in [2.05, 4.69) is 5.32 Å². The number of amides is 2. The molecule has 1 aliphatic rings. The lowest BCUT2D eigenvalue weighted by Gasteiger charge is -2.35. The SMILES string of the molecule is Cc1ccc(C)c(N(CC(=O)N(Cc2ccc(Cl)cc2Cl)[C@H](Cc2ccccc2)C(=O)NC2CCCCC2)S(=O)(=O)c2ccccc2)c1. The Morgan fingerprint density at radius 3 is 2.19 bits per heavy atom. The quantitative estimate of drug-likeness (QED) is 0.162. The van der Waals surface area contributed by atoms with E-state index in [1.165, 1.54) is 17.0 Å². The lowest BCUT2D eigenvalue weighted by Crippen LogP contribution is -2.55. The summed E-state index contributed by atoms with van der Waals surface area (Å²) in [7, 11) is -4.19. The molecule has 0 aromatic heterocycles. The highest BCUT2D eigenvalue weighted by atomic mass is 35.5. The number of sulfonamides is 1. The van der Waals surface area contributed by atoms with Crippen molar-refractivity contribution in [3.8, 4) is 0 Å². The van der Waals surface area contributed by atoms with Crippen molar-refractivity contribution in [2.75, 3.05) is 10.8 Å². The van der Waals surface area contributed by atoms with Crippen LogP contribution in [0.5, 0.6) is 0 Å². The lowest BCUT2D eigenvalue weighted by atomic mass is 9.94. The Labute approximate surface area is 293 Å². The molecule has 0 radical (unpaired) electrons. The summed E-state index contributed by atoms with van der Waals surface area (Å²) >= 11 is 12.9. The van der Waals surface area contributed by atoms with Crippen LogP contribution >= 0.6 is 23.2 Å². The van der Waals surface area contributed by atoms with Crippen molar-refractivity contribution < 1.29 is 18.0 Å². The second kappa shape index (κ2) is 16.0. The Balaban J connectivity index is 1.60. The standard InChI is InChI=1S/C38H41Cl2N3O4S/c1-27-18-19-28(2)35(22-27)43(48(46,47)33-16-10-5-11-17-33)26-37(44)42(25-30-20-21-31(39)24-34(30)40)36(23-29-12-6-3-7-13-29)38(45)41-32-14-8-4-9-15-32/h3,5-7,10-13,16-22,24,32,36H,4,8-9,14-15,23,25-26H2,1-2H3,(H,41,45)/t36-/m1/s1. The smallest absolute Gasteiger partial charge is 0.264 e. The largest absolute Gasteiger partial charge is 0.352 e. The minimum Gasteiger partial charge on any atom is -0.352 e. The third-order valence-corrected chi connectivity index (χ3v) is 11.2. The number of nitrogens with zero attached hydrogens (tertiary/aromatic N) is 2. The molecule has 4 aromatic carbocycles. The van der Waals surface area contributed by atoms with Crippen molar-refractivity contribution in [1.82, 2.24) is 10.2 Å². The van der Waals surface area contributed by atoms with Crippen LogP contribution in [0.25, 0.3) is 0 Å². The fraction of sp³-hybridized carbons (Fsp3) is 0.316. The van der Waals surface area contributed by atoms with Gasteiger partial charge in [0.1, 0.15) is 12.6 Å². The molecule has 0 heterocycles. The molecule has 0 unspecified atom stereocenters. The number of carbonyl (C=O) groups is 2. The number of hydrogen-bond donors (Lipinski definition) is 1.